The number of primary amides is 1. The van der Waals surface area contributed by atoms with Crippen LogP contribution in [0, 0.1) is 5.82 Å². The fraction of sp³-hybridized carbons (Fsp3) is 0.423. The highest BCUT2D eigenvalue weighted by Crippen LogP contribution is 2.32. The number of nitrogens with one attached hydrogen (secondary N) is 1. The summed E-state index contributed by atoms with van der Waals surface area (Å²) in [7, 11) is 0. The SMILES string of the molecule is CC1CC(c2ccc(F)cc2)CN1C(=O)C(CCC(N)=O)NC(=O)CCCc1ccccc1. The van der Waals surface area contributed by atoms with Gasteiger partial charge in [0.2, 0.25) is 17.7 Å². The number of carbonyl (C=O) groups is 3. The molecular weight excluding hydrogens is 421 g/mol. The topological polar surface area (TPSA) is 92.5 Å². The van der Waals surface area contributed by atoms with Crippen LogP contribution in [0.15, 0.2) is 54.6 Å². The monoisotopic (exact) mass is 453 g/mol. The Morgan fingerprint density at radius 2 is 1.79 bits per heavy atom. The number of nitrogens with zero attached hydrogens (tertiary/aromatic N) is 1. The van der Waals surface area contributed by atoms with E-state index in [2.05, 4.69) is 5.32 Å². The lowest BCUT2D eigenvalue weighted by Gasteiger charge is -2.27. The zero-order valence-electron chi connectivity index (χ0n) is 19.0. The number of nitrogens with two attached hydrogens (primary N) is 1. The van der Waals surface area contributed by atoms with Crippen LogP contribution in [0.2, 0.25) is 0 Å². The first kappa shape index (κ1) is 24.4. The number of hydrogen-bond acceptors (Lipinski definition) is 3. The number of aryl methyl sites for hydroxylation is 1. The number of carbonyl (C=O) groups excluding carboxylic acids is 3. The van der Waals surface area contributed by atoms with Crippen LogP contribution in [0.25, 0.3) is 0 Å². The second kappa shape index (κ2) is 11.6. The Balaban J connectivity index is 1.60. The Hall–Kier alpha value is -3.22. The van der Waals surface area contributed by atoms with Gasteiger partial charge in [-0.3, -0.25) is 14.4 Å². The molecule has 176 valence electrons. The molecule has 0 saturated carbocycles. The van der Waals surface area contributed by atoms with Crippen LogP contribution in [-0.4, -0.2) is 41.2 Å². The van der Waals surface area contributed by atoms with Gasteiger partial charge in [0.15, 0.2) is 0 Å². The number of likely N-dealkylation sites (tertiary alicyclic amines) is 1. The Kier molecular flexibility index (Phi) is 8.58. The molecule has 0 bridgehead atoms. The highest BCUT2D eigenvalue weighted by Gasteiger charge is 2.36. The average molecular weight is 454 g/mol. The molecule has 0 radical (unpaired) electrons. The molecule has 2 aromatic carbocycles. The third kappa shape index (κ3) is 7.14. The smallest absolute Gasteiger partial charge is 0.245 e. The fourth-order valence-electron chi connectivity index (χ4n) is 4.42. The minimum absolute atomic E-state index is 0.0182. The molecule has 33 heavy (non-hydrogen) atoms. The van der Waals surface area contributed by atoms with Crippen LogP contribution in [0.3, 0.4) is 0 Å². The summed E-state index contributed by atoms with van der Waals surface area (Å²) in [5.41, 5.74) is 7.44. The second-order valence-electron chi connectivity index (χ2n) is 8.79. The van der Waals surface area contributed by atoms with Gasteiger partial charge < -0.3 is 16.0 Å². The first-order valence-electron chi connectivity index (χ1n) is 11.5. The zero-order valence-corrected chi connectivity index (χ0v) is 19.0. The van der Waals surface area contributed by atoms with E-state index in [0.717, 1.165) is 24.0 Å². The molecule has 3 atom stereocenters. The minimum atomic E-state index is -0.795. The molecular formula is C26H32FN3O3. The third-order valence-electron chi connectivity index (χ3n) is 6.22. The maximum absolute atomic E-state index is 13.3. The highest BCUT2D eigenvalue weighted by molar-refractivity contribution is 5.88. The van der Waals surface area contributed by atoms with E-state index in [1.165, 1.54) is 12.1 Å². The van der Waals surface area contributed by atoms with Crippen molar-refractivity contribution in [3.63, 3.8) is 0 Å². The average Bonchev–Trinajstić information content (AvgIpc) is 3.18. The predicted octanol–water partition coefficient (Wildman–Crippen LogP) is 3.30. The molecule has 3 unspecified atom stereocenters. The summed E-state index contributed by atoms with van der Waals surface area (Å²) < 4.78 is 13.3. The molecule has 3 N–H and O–H groups in total. The molecule has 3 amide bonds. The third-order valence-corrected chi connectivity index (χ3v) is 6.22. The van der Waals surface area contributed by atoms with Crippen molar-refractivity contribution in [1.29, 1.82) is 0 Å². The lowest BCUT2D eigenvalue weighted by atomic mass is 9.97. The van der Waals surface area contributed by atoms with Gasteiger partial charge in [0.25, 0.3) is 0 Å². The Labute approximate surface area is 194 Å². The maximum atomic E-state index is 13.3. The quantitative estimate of drug-likeness (QED) is 0.578. The van der Waals surface area contributed by atoms with Gasteiger partial charge >= 0.3 is 0 Å². The summed E-state index contributed by atoms with van der Waals surface area (Å²) in [4.78, 5) is 39.0. The predicted molar refractivity (Wildman–Crippen MR) is 125 cm³/mol. The van der Waals surface area contributed by atoms with E-state index in [1.807, 2.05) is 37.3 Å². The van der Waals surface area contributed by atoms with Gasteiger partial charge in [0.05, 0.1) is 0 Å². The summed E-state index contributed by atoms with van der Waals surface area (Å²) in [5, 5.41) is 2.83. The minimum Gasteiger partial charge on any atom is -0.370 e. The van der Waals surface area contributed by atoms with Gasteiger partial charge in [0, 0.05) is 31.3 Å². The Morgan fingerprint density at radius 3 is 2.45 bits per heavy atom. The van der Waals surface area contributed by atoms with E-state index < -0.39 is 11.9 Å². The van der Waals surface area contributed by atoms with Gasteiger partial charge in [-0.2, -0.15) is 0 Å². The summed E-state index contributed by atoms with van der Waals surface area (Å²) >= 11 is 0. The Morgan fingerprint density at radius 1 is 1.09 bits per heavy atom. The number of halogens is 1. The molecule has 0 aliphatic carbocycles. The van der Waals surface area contributed by atoms with E-state index in [-0.39, 0.29) is 42.4 Å². The largest absolute Gasteiger partial charge is 0.370 e. The van der Waals surface area contributed by atoms with Crippen molar-refractivity contribution in [2.24, 2.45) is 5.73 Å². The molecule has 1 fully saturated rings. The van der Waals surface area contributed by atoms with Gasteiger partial charge in [0.1, 0.15) is 11.9 Å². The van der Waals surface area contributed by atoms with Gasteiger partial charge in [-0.05, 0) is 55.9 Å². The number of amides is 3. The lowest BCUT2D eigenvalue weighted by molar-refractivity contribution is -0.137. The van der Waals surface area contributed by atoms with Gasteiger partial charge in [-0.1, -0.05) is 42.5 Å². The first-order chi connectivity index (χ1) is 15.8. The van der Waals surface area contributed by atoms with Crippen molar-refractivity contribution in [3.8, 4) is 0 Å². The number of hydrogen-bond donors (Lipinski definition) is 2. The lowest BCUT2D eigenvalue weighted by Crippen LogP contribution is -2.50. The van der Waals surface area contributed by atoms with Crippen molar-refractivity contribution in [2.45, 2.75) is 63.5 Å². The summed E-state index contributed by atoms with van der Waals surface area (Å²) in [5.74, 6) is -1.12. The van der Waals surface area contributed by atoms with Crippen LogP contribution in [0.1, 0.15) is 56.1 Å². The summed E-state index contributed by atoms with van der Waals surface area (Å²) in [6, 6.07) is 15.4. The molecule has 1 aliphatic rings. The first-order valence-corrected chi connectivity index (χ1v) is 11.5. The molecule has 1 aliphatic heterocycles. The highest BCUT2D eigenvalue weighted by atomic mass is 19.1. The van der Waals surface area contributed by atoms with Crippen molar-refractivity contribution in [3.05, 3.63) is 71.5 Å². The van der Waals surface area contributed by atoms with Crippen molar-refractivity contribution in [2.75, 3.05) is 6.54 Å². The molecule has 0 spiro atoms. The number of rotatable bonds is 10. The van der Waals surface area contributed by atoms with Crippen molar-refractivity contribution < 1.29 is 18.8 Å². The van der Waals surface area contributed by atoms with E-state index in [1.54, 1.807) is 17.0 Å². The molecule has 7 heteroatoms. The van der Waals surface area contributed by atoms with E-state index in [4.69, 9.17) is 5.73 Å². The maximum Gasteiger partial charge on any atom is 0.245 e. The standard InChI is InChI=1S/C26H32FN3O3/c1-18-16-21(20-10-12-22(27)13-11-20)17-30(18)26(33)23(14-15-24(28)31)29-25(32)9-5-8-19-6-3-2-4-7-19/h2-4,6-7,10-13,18,21,23H,5,8-9,14-17H2,1H3,(H2,28,31)(H,29,32). The molecule has 0 aromatic heterocycles. The molecule has 2 aromatic rings. The van der Waals surface area contributed by atoms with Crippen LogP contribution in [0.5, 0.6) is 0 Å². The van der Waals surface area contributed by atoms with E-state index in [0.29, 0.717) is 19.4 Å². The van der Waals surface area contributed by atoms with E-state index >= 15 is 0 Å². The normalized spacial score (nSPS) is 18.7. The summed E-state index contributed by atoms with van der Waals surface area (Å²) in [6.07, 6.45) is 2.68. The van der Waals surface area contributed by atoms with Crippen molar-refractivity contribution in [1.82, 2.24) is 10.2 Å². The molecule has 6 nitrogen and oxygen atoms in total. The van der Waals surface area contributed by atoms with Crippen LogP contribution in [-0.2, 0) is 20.8 Å². The van der Waals surface area contributed by atoms with Crippen LogP contribution < -0.4 is 11.1 Å². The molecule has 1 heterocycles. The van der Waals surface area contributed by atoms with Gasteiger partial charge in [-0.15, -0.1) is 0 Å². The zero-order chi connectivity index (χ0) is 23.8. The van der Waals surface area contributed by atoms with E-state index in [9.17, 15) is 18.8 Å². The van der Waals surface area contributed by atoms with Crippen LogP contribution in [0.4, 0.5) is 4.39 Å². The fourth-order valence-corrected chi connectivity index (χ4v) is 4.42. The Bertz CT molecular complexity index is 949. The summed E-state index contributed by atoms with van der Waals surface area (Å²) in [6.45, 7) is 2.46. The molecule has 3 rings (SSSR count). The number of benzene rings is 2. The second-order valence-corrected chi connectivity index (χ2v) is 8.79. The van der Waals surface area contributed by atoms with Gasteiger partial charge in [-0.25, -0.2) is 4.39 Å². The van der Waals surface area contributed by atoms with Crippen molar-refractivity contribution >= 4 is 17.7 Å². The molecule has 1 saturated heterocycles. The van der Waals surface area contributed by atoms with Crippen LogP contribution >= 0.6 is 0 Å².